The highest BCUT2D eigenvalue weighted by atomic mass is 35.5. The van der Waals surface area contributed by atoms with Gasteiger partial charge in [-0.25, -0.2) is 0 Å². The Morgan fingerprint density at radius 2 is 1.90 bits per heavy atom. The highest BCUT2D eigenvalue weighted by Gasteiger charge is 2.18. The molecule has 0 amide bonds. The first kappa shape index (κ1) is 13.2. The number of anilines is 1. The second kappa shape index (κ2) is 5.71. The Morgan fingerprint density at radius 3 is 2.65 bits per heavy atom. The average molecular weight is 294 g/mol. The van der Waals surface area contributed by atoms with Crippen LogP contribution >= 0.6 is 11.6 Å². The third kappa shape index (κ3) is 2.72. The molecular weight excluding hydrogens is 278 g/mol. The van der Waals surface area contributed by atoms with Crippen LogP contribution in [-0.4, -0.2) is 28.3 Å². The summed E-state index contributed by atoms with van der Waals surface area (Å²) in [6, 6.07) is 4.76. The van der Waals surface area contributed by atoms with Crippen LogP contribution in [0.3, 0.4) is 0 Å². The normalized spacial score (nSPS) is 16.1. The lowest BCUT2D eigenvalue weighted by Crippen LogP contribution is -2.24. The Hall–Kier alpha value is -1.75. The zero-order valence-electron chi connectivity index (χ0n) is 11.0. The first-order valence-electron chi connectivity index (χ1n) is 6.81. The zero-order chi connectivity index (χ0) is 13.9. The van der Waals surface area contributed by atoms with Gasteiger partial charge in [-0.3, -0.25) is 0 Å². The van der Waals surface area contributed by atoms with Crippen molar-refractivity contribution in [3.8, 4) is 17.2 Å². The van der Waals surface area contributed by atoms with E-state index in [1.807, 2.05) is 0 Å². The lowest BCUT2D eigenvalue weighted by molar-refractivity contribution is 0.423. The van der Waals surface area contributed by atoms with Crippen molar-refractivity contribution in [3.05, 3.63) is 23.2 Å². The summed E-state index contributed by atoms with van der Waals surface area (Å²) in [5, 5.41) is 14.4. The summed E-state index contributed by atoms with van der Waals surface area (Å²) >= 11 is 5.93. The molecule has 1 N–H and O–H groups in total. The number of hydrogen-bond acceptors (Lipinski definition) is 5. The van der Waals surface area contributed by atoms with Gasteiger partial charge in [0.2, 0.25) is 0 Å². The number of hydrogen-bond donors (Lipinski definition) is 1. The average Bonchev–Trinajstić information content (AvgIpc) is 2.77. The van der Waals surface area contributed by atoms with E-state index < -0.39 is 0 Å². The molecule has 2 aromatic rings. The predicted molar refractivity (Wildman–Crippen MR) is 77.1 cm³/mol. The number of phenols is 1. The molecule has 0 atom stereocenters. The quantitative estimate of drug-likeness (QED) is 0.918. The van der Waals surface area contributed by atoms with E-state index in [9.17, 15) is 5.11 Å². The van der Waals surface area contributed by atoms with Crippen LogP contribution in [0.1, 0.15) is 25.7 Å². The van der Waals surface area contributed by atoms with Gasteiger partial charge in [-0.05, 0) is 36.2 Å². The fourth-order valence-corrected chi connectivity index (χ4v) is 2.58. The first-order chi connectivity index (χ1) is 9.74. The number of aromatic nitrogens is 2. The first-order valence-corrected chi connectivity index (χ1v) is 7.19. The molecular formula is C14H16ClN3O2. The summed E-state index contributed by atoms with van der Waals surface area (Å²) in [4.78, 5) is 6.50. The van der Waals surface area contributed by atoms with Crippen molar-refractivity contribution in [2.45, 2.75) is 25.7 Å². The number of rotatable bonds is 2. The van der Waals surface area contributed by atoms with Gasteiger partial charge in [0, 0.05) is 18.1 Å². The van der Waals surface area contributed by atoms with E-state index in [4.69, 9.17) is 16.1 Å². The van der Waals surface area contributed by atoms with E-state index in [0.29, 0.717) is 22.4 Å². The lowest BCUT2D eigenvalue weighted by Gasteiger charge is -2.16. The van der Waals surface area contributed by atoms with Gasteiger partial charge in [-0.2, -0.15) is 4.98 Å². The summed E-state index contributed by atoms with van der Waals surface area (Å²) in [6.45, 7) is 1.89. The molecule has 1 aromatic heterocycles. The molecule has 0 bridgehead atoms. The van der Waals surface area contributed by atoms with Crippen LogP contribution in [0.25, 0.3) is 11.5 Å². The van der Waals surface area contributed by atoms with E-state index in [1.54, 1.807) is 12.1 Å². The van der Waals surface area contributed by atoms with Gasteiger partial charge >= 0.3 is 0 Å². The van der Waals surface area contributed by atoms with Gasteiger partial charge < -0.3 is 14.5 Å². The molecule has 1 saturated heterocycles. The minimum Gasteiger partial charge on any atom is -0.507 e. The van der Waals surface area contributed by atoms with Crippen LogP contribution in [-0.2, 0) is 0 Å². The number of benzene rings is 1. The standard InChI is InChI=1S/C14H16ClN3O2/c15-10-5-6-12(19)11(9-10)13-16-14(17-20-13)18-7-3-1-2-4-8-18/h5-6,9,19H,1-4,7-8H2. The number of halogens is 1. The summed E-state index contributed by atoms with van der Waals surface area (Å²) in [5.41, 5.74) is 0.464. The molecule has 5 nitrogen and oxygen atoms in total. The van der Waals surface area contributed by atoms with Crippen molar-refractivity contribution < 1.29 is 9.63 Å². The monoisotopic (exact) mass is 293 g/mol. The van der Waals surface area contributed by atoms with Crippen LogP contribution in [0, 0.1) is 0 Å². The highest BCUT2D eigenvalue weighted by Crippen LogP contribution is 2.31. The van der Waals surface area contributed by atoms with E-state index in [2.05, 4.69) is 15.0 Å². The third-order valence-corrected chi connectivity index (χ3v) is 3.73. The topological polar surface area (TPSA) is 62.4 Å². The Bertz CT molecular complexity index is 592. The number of nitrogens with zero attached hydrogens (tertiary/aromatic N) is 3. The molecule has 1 fully saturated rings. The molecule has 2 heterocycles. The van der Waals surface area contributed by atoms with Crippen molar-refractivity contribution in [1.82, 2.24) is 10.1 Å². The van der Waals surface area contributed by atoms with Crippen molar-refractivity contribution in [3.63, 3.8) is 0 Å². The van der Waals surface area contributed by atoms with Crippen molar-refractivity contribution in [2.75, 3.05) is 18.0 Å². The predicted octanol–water partition coefficient (Wildman–Crippen LogP) is 3.48. The van der Waals surface area contributed by atoms with E-state index in [1.165, 1.54) is 18.9 Å². The maximum atomic E-state index is 9.85. The fourth-order valence-electron chi connectivity index (χ4n) is 2.40. The summed E-state index contributed by atoms with van der Waals surface area (Å²) < 4.78 is 5.26. The Kier molecular flexibility index (Phi) is 3.78. The smallest absolute Gasteiger partial charge is 0.266 e. The van der Waals surface area contributed by atoms with Crippen LogP contribution in [0.2, 0.25) is 5.02 Å². The van der Waals surface area contributed by atoms with Crippen LogP contribution in [0.4, 0.5) is 5.95 Å². The fraction of sp³-hybridized carbons (Fsp3) is 0.429. The molecule has 0 radical (unpaired) electrons. The molecule has 0 aliphatic carbocycles. The maximum Gasteiger partial charge on any atom is 0.266 e. The SMILES string of the molecule is Oc1ccc(Cl)cc1-c1nc(N2CCCCCC2)no1. The van der Waals surface area contributed by atoms with Crippen LogP contribution in [0.15, 0.2) is 22.7 Å². The largest absolute Gasteiger partial charge is 0.507 e. The summed E-state index contributed by atoms with van der Waals surface area (Å²) in [5.74, 6) is 0.964. The van der Waals surface area contributed by atoms with Crippen LogP contribution < -0.4 is 4.90 Å². The zero-order valence-corrected chi connectivity index (χ0v) is 11.8. The van der Waals surface area contributed by atoms with Gasteiger partial charge in [0.1, 0.15) is 5.75 Å². The Balaban J connectivity index is 1.87. The second-order valence-corrected chi connectivity index (χ2v) is 5.40. The van der Waals surface area contributed by atoms with Crippen molar-refractivity contribution in [2.24, 2.45) is 0 Å². The number of phenolic OH excluding ortho intramolecular Hbond substituents is 1. The summed E-state index contributed by atoms with van der Waals surface area (Å²) in [6.07, 6.45) is 4.78. The molecule has 0 unspecified atom stereocenters. The molecule has 1 aromatic carbocycles. The third-order valence-electron chi connectivity index (χ3n) is 3.49. The molecule has 6 heteroatoms. The van der Waals surface area contributed by atoms with Crippen molar-refractivity contribution >= 4 is 17.5 Å². The molecule has 1 aliphatic heterocycles. The maximum absolute atomic E-state index is 9.85. The molecule has 0 saturated carbocycles. The van der Waals surface area contributed by atoms with Crippen molar-refractivity contribution in [1.29, 1.82) is 0 Å². The van der Waals surface area contributed by atoms with Gasteiger partial charge in [0.05, 0.1) is 5.56 Å². The molecule has 106 valence electrons. The number of aromatic hydroxyl groups is 1. The summed E-state index contributed by atoms with van der Waals surface area (Å²) in [7, 11) is 0. The van der Waals surface area contributed by atoms with E-state index in [-0.39, 0.29) is 5.75 Å². The Labute approximate surface area is 122 Å². The van der Waals surface area contributed by atoms with Crippen LogP contribution in [0.5, 0.6) is 5.75 Å². The van der Waals surface area contributed by atoms with Gasteiger partial charge in [0.15, 0.2) is 0 Å². The van der Waals surface area contributed by atoms with E-state index >= 15 is 0 Å². The van der Waals surface area contributed by atoms with Gasteiger partial charge in [-0.1, -0.05) is 24.4 Å². The highest BCUT2D eigenvalue weighted by molar-refractivity contribution is 6.30. The molecule has 20 heavy (non-hydrogen) atoms. The molecule has 1 aliphatic rings. The minimum atomic E-state index is 0.0838. The minimum absolute atomic E-state index is 0.0838. The Morgan fingerprint density at radius 1 is 1.15 bits per heavy atom. The lowest BCUT2D eigenvalue weighted by atomic mass is 10.2. The molecule has 0 spiro atoms. The second-order valence-electron chi connectivity index (χ2n) is 4.96. The molecule has 3 rings (SSSR count). The van der Waals surface area contributed by atoms with Gasteiger partial charge in [-0.15, -0.1) is 0 Å². The van der Waals surface area contributed by atoms with Gasteiger partial charge in [0.25, 0.3) is 11.8 Å². The van der Waals surface area contributed by atoms with E-state index in [0.717, 1.165) is 25.9 Å².